The van der Waals surface area contributed by atoms with Gasteiger partial charge in [-0.3, -0.25) is 14.4 Å². The first-order valence-corrected chi connectivity index (χ1v) is 13.2. The number of hydrogen-bond donors (Lipinski definition) is 3. The number of sulfone groups is 1. The van der Waals surface area contributed by atoms with Crippen molar-refractivity contribution < 1.29 is 31.6 Å². The van der Waals surface area contributed by atoms with E-state index in [9.17, 15) is 31.6 Å². The quantitative estimate of drug-likeness (QED) is 0.352. The van der Waals surface area contributed by atoms with E-state index in [0.29, 0.717) is 0 Å². The van der Waals surface area contributed by atoms with Crippen LogP contribution in [0.15, 0.2) is 30.3 Å². The van der Waals surface area contributed by atoms with Gasteiger partial charge in [-0.05, 0) is 44.2 Å². The number of hydrogen-bond acceptors (Lipinski definition) is 5. The zero-order valence-electron chi connectivity index (χ0n) is 19.2. The van der Waals surface area contributed by atoms with Crippen molar-refractivity contribution in [2.75, 3.05) is 21.7 Å². The fourth-order valence-electron chi connectivity index (χ4n) is 2.86. The zero-order valence-corrected chi connectivity index (χ0v) is 22.3. The molecule has 14 heteroatoms. The van der Waals surface area contributed by atoms with E-state index in [-0.39, 0.29) is 28.4 Å². The Morgan fingerprint density at radius 2 is 1.69 bits per heavy atom. The minimum atomic E-state index is -3.82. The van der Waals surface area contributed by atoms with Crippen LogP contribution in [0.25, 0.3) is 0 Å². The summed E-state index contributed by atoms with van der Waals surface area (Å²) < 4.78 is 51.7. The van der Waals surface area contributed by atoms with Crippen LogP contribution in [0.2, 0.25) is 5.02 Å². The van der Waals surface area contributed by atoms with E-state index in [1.165, 1.54) is 32.0 Å². The van der Waals surface area contributed by atoms with E-state index in [2.05, 4.69) is 10.6 Å². The normalized spacial score (nSPS) is 12.6. The summed E-state index contributed by atoms with van der Waals surface area (Å²) in [5.41, 5.74) is -1.45. The maximum absolute atomic E-state index is 15.0. The van der Waals surface area contributed by atoms with Gasteiger partial charge in [-0.1, -0.05) is 18.5 Å². The average molecular weight is 585 g/mol. The van der Waals surface area contributed by atoms with Crippen LogP contribution in [0.1, 0.15) is 37.6 Å². The van der Waals surface area contributed by atoms with E-state index in [4.69, 9.17) is 34.8 Å². The first-order chi connectivity index (χ1) is 16.6. The van der Waals surface area contributed by atoms with Gasteiger partial charge >= 0.3 is 0 Å². The molecule has 2 aromatic rings. The molecule has 8 nitrogen and oxygen atoms in total. The molecule has 0 fully saturated rings. The van der Waals surface area contributed by atoms with Gasteiger partial charge in [0.15, 0.2) is 15.7 Å². The van der Waals surface area contributed by atoms with E-state index >= 15 is 0 Å². The van der Waals surface area contributed by atoms with Crippen molar-refractivity contribution in [2.45, 2.75) is 36.8 Å². The largest absolute Gasteiger partial charge is 0.326 e. The molecule has 2 aromatic carbocycles. The molecule has 196 valence electrons. The van der Waals surface area contributed by atoms with Crippen molar-refractivity contribution in [1.29, 1.82) is 0 Å². The first kappa shape index (κ1) is 29.8. The summed E-state index contributed by atoms with van der Waals surface area (Å²) in [5, 5.41) is 5.02. The lowest BCUT2D eigenvalue weighted by Gasteiger charge is -2.16. The minimum absolute atomic E-state index is 0.0420. The van der Waals surface area contributed by atoms with Crippen LogP contribution >= 0.6 is 34.8 Å². The molecular formula is C22H22Cl3F2N3O5S. The second-order valence-electron chi connectivity index (χ2n) is 7.81. The van der Waals surface area contributed by atoms with Crippen LogP contribution in [0, 0.1) is 11.6 Å². The molecule has 0 spiro atoms. The highest BCUT2D eigenvalue weighted by Gasteiger charge is 2.28. The highest BCUT2D eigenvalue weighted by atomic mass is 35.5. The summed E-state index contributed by atoms with van der Waals surface area (Å²) in [6, 6.07) is 5.63. The van der Waals surface area contributed by atoms with Crippen LogP contribution in [0.5, 0.6) is 0 Å². The zero-order chi connectivity index (χ0) is 27.4. The van der Waals surface area contributed by atoms with Crippen molar-refractivity contribution in [1.82, 2.24) is 0 Å². The van der Waals surface area contributed by atoms with Crippen molar-refractivity contribution in [3.63, 3.8) is 0 Å². The number of carbonyl (C=O) groups excluding carboxylic acids is 3. The third kappa shape index (κ3) is 7.76. The summed E-state index contributed by atoms with van der Waals surface area (Å²) in [4.78, 5) is 37.1. The van der Waals surface area contributed by atoms with Crippen LogP contribution in [-0.2, 0) is 19.4 Å². The molecule has 1 unspecified atom stereocenters. The summed E-state index contributed by atoms with van der Waals surface area (Å²) in [6.45, 7) is 3.84. The topological polar surface area (TPSA) is 121 Å². The molecular weight excluding hydrogens is 563 g/mol. The Kier molecular flexibility index (Phi) is 9.69. The third-order valence-electron chi connectivity index (χ3n) is 4.86. The number of amides is 3. The minimum Gasteiger partial charge on any atom is -0.326 e. The molecule has 0 saturated heterocycles. The fourth-order valence-corrected chi connectivity index (χ4v) is 4.19. The van der Waals surface area contributed by atoms with Gasteiger partial charge in [0.05, 0.1) is 22.7 Å². The molecule has 0 aliphatic heterocycles. The smallest absolute Gasteiger partial charge is 0.257 e. The predicted molar refractivity (Wildman–Crippen MR) is 137 cm³/mol. The molecule has 3 amide bonds. The molecule has 0 saturated carbocycles. The Morgan fingerprint density at radius 3 is 2.28 bits per heavy atom. The molecule has 0 radical (unpaired) electrons. The molecule has 1 atom stereocenters. The molecule has 0 heterocycles. The van der Waals surface area contributed by atoms with Crippen LogP contribution in [0.4, 0.5) is 25.8 Å². The van der Waals surface area contributed by atoms with Gasteiger partial charge in [-0.15, -0.1) is 23.2 Å². The van der Waals surface area contributed by atoms with Crippen LogP contribution in [0.3, 0.4) is 0 Å². The lowest BCUT2D eigenvalue weighted by atomic mass is 10.1. The van der Waals surface area contributed by atoms with Crippen molar-refractivity contribution >= 4 is 79.4 Å². The molecule has 0 bridgehead atoms. The Labute approximate surface area is 221 Å². The van der Waals surface area contributed by atoms with Crippen molar-refractivity contribution in [2.24, 2.45) is 0 Å². The van der Waals surface area contributed by atoms with Crippen molar-refractivity contribution in [3.8, 4) is 0 Å². The fraction of sp³-hybridized carbons (Fsp3) is 0.318. The van der Waals surface area contributed by atoms with Crippen LogP contribution < -0.4 is 16.0 Å². The van der Waals surface area contributed by atoms with Crippen LogP contribution in [-0.4, -0.2) is 41.5 Å². The number of carbonyl (C=O) groups is 3. The Hall–Kier alpha value is -2.47. The van der Waals surface area contributed by atoms with Crippen molar-refractivity contribution in [3.05, 3.63) is 52.6 Å². The van der Waals surface area contributed by atoms with Gasteiger partial charge in [0.2, 0.25) is 11.8 Å². The van der Waals surface area contributed by atoms with Gasteiger partial charge in [0, 0.05) is 11.4 Å². The second kappa shape index (κ2) is 11.7. The van der Waals surface area contributed by atoms with Gasteiger partial charge < -0.3 is 16.0 Å². The van der Waals surface area contributed by atoms with E-state index in [1.807, 2.05) is 5.32 Å². The molecule has 0 aliphatic carbocycles. The standard InChI is InChI=1S/C22H22Cl3F2N3O5S/c1-4-36(34,35)11(2)20(32)30-19-15(26)7-8-16(18(19)27)29-21(33)13-9-12(5-6-14(13)23)28-17(31)10-22(3,24)25/h5-9,11H,4,10H2,1-3H3,(H,28,31)(H,29,33)(H,30,32). The Bertz CT molecular complexity index is 1300. The first-order valence-electron chi connectivity index (χ1n) is 10.3. The lowest BCUT2D eigenvalue weighted by molar-refractivity contribution is -0.116. The number of nitrogens with one attached hydrogen (secondary N) is 3. The van der Waals surface area contributed by atoms with E-state index < -0.39 is 60.2 Å². The Balaban J connectivity index is 2.28. The average Bonchev–Trinajstić information content (AvgIpc) is 2.77. The second-order valence-corrected chi connectivity index (χ2v) is 12.7. The monoisotopic (exact) mass is 583 g/mol. The Morgan fingerprint density at radius 1 is 1.06 bits per heavy atom. The lowest BCUT2D eigenvalue weighted by Crippen LogP contribution is -2.34. The maximum Gasteiger partial charge on any atom is 0.257 e. The van der Waals surface area contributed by atoms with E-state index in [1.54, 1.807) is 0 Å². The van der Waals surface area contributed by atoms with Gasteiger partial charge in [0.25, 0.3) is 5.91 Å². The molecule has 3 N–H and O–H groups in total. The van der Waals surface area contributed by atoms with Gasteiger partial charge in [0.1, 0.15) is 21.1 Å². The number of benzene rings is 2. The number of anilines is 3. The predicted octanol–water partition coefficient (Wildman–Crippen LogP) is 5.15. The summed E-state index contributed by atoms with van der Waals surface area (Å²) >= 11 is 17.7. The summed E-state index contributed by atoms with van der Waals surface area (Å²) in [7, 11) is -3.82. The highest BCUT2D eigenvalue weighted by Crippen LogP contribution is 2.29. The summed E-state index contributed by atoms with van der Waals surface area (Å²) in [6.07, 6.45) is -0.242. The number of rotatable bonds is 9. The number of halogens is 5. The summed E-state index contributed by atoms with van der Waals surface area (Å²) in [5.74, 6) is -5.48. The third-order valence-corrected chi connectivity index (χ3v) is 7.56. The molecule has 36 heavy (non-hydrogen) atoms. The van der Waals surface area contributed by atoms with E-state index in [0.717, 1.165) is 19.1 Å². The van der Waals surface area contributed by atoms with Gasteiger partial charge in [-0.2, -0.15) is 0 Å². The highest BCUT2D eigenvalue weighted by molar-refractivity contribution is 7.92. The SMILES string of the molecule is CCS(=O)(=O)C(C)C(=O)Nc1c(F)ccc(NC(=O)c2cc(NC(=O)CC(C)(Cl)Cl)ccc2Cl)c1F. The molecule has 0 aliphatic rings. The van der Waals surface area contributed by atoms with Gasteiger partial charge in [-0.25, -0.2) is 17.2 Å². The number of alkyl halides is 2. The maximum atomic E-state index is 15.0. The molecule has 2 rings (SSSR count). The molecule has 0 aromatic heterocycles.